The Morgan fingerprint density at radius 2 is 1.34 bits per heavy atom. The highest BCUT2D eigenvalue weighted by Crippen LogP contribution is 2.11. The van der Waals surface area contributed by atoms with E-state index in [0.717, 1.165) is 5.56 Å². The van der Waals surface area contributed by atoms with E-state index in [-0.39, 0.29) is 31.1 Å². The number of aryl methyl sites for hydroxylation is 1. The summed E-state index contributed by atoms with van der Waals surface area (Å²) in [4.78, 5) is 46.6. The smallest absolute Gasteiger partial charge is 0.306 e. The standard InChI is InChI=1S/C22H24N2O5/c1-15-6-10-18(11-7-15)24-21(27)14-29-22(28)5-3-4-20(26)23-19-12-8-17(9-13-19)16(2)25/h6-13H,3-5,14H2,1-2H3,(H,23,26)(H,24,27). The van der Waals surface area contributed by atoms with Gasteiger partial charge in [-0.1, -0.05) is 17.7 Å². The summed E-state index contributed by atoms with van der Waals surface area (Å²) in [6.07, 6.45) is 0.476. The van der Waals surface area contributed by atoms with Crippen molar-refractivity contribution in [2.24, 2.45) is 0 Å². The Morgan fingerprint density at radius 3 is 1.93 bits per heavy atom. The predicted molar refractivity (Wildman–Crippen MR) is 110 cm³/mol. The summed E-state index contributed by atoms with van der Waals surface area (Å²) >= 11 is 0. The van der Waals surface area contributed by atoms with Crippen LogP contribution >= 0.6 is 0 Å². The van der Waals surface area contributed by atoms with Crippen molar-refractivity contribution in [2.45, 2.75) is 33.1 Å². The minimum absolute atomic E-state index is 0.0362. The molecule has 2 aromatic carbocycles. The zero-order valence-electron chi connectivity index (χ0n) is 16.5. The number of ether oxygens (including phenoxy) is 1. The normalized spacial score (nSPS) is 10.1. The van der Waals surface area contributed by atoms with Crippen molar-refractivity contribution in [3.8, 4) is 0 Å². The zero-order chi connectivity index (χ0) is 21.2. The van der Waals surface area contributed by atoms with Gasteiger partial charge in [-0.2, -0.15) is 0 Å². The number of amides is 2. The lowest BCUT2D eigenvalue weighted by molar-refractivity contribution is -0.147. The van der Waals surface area contributed by atoms with Crippen LogP contribution in [0.1, 0.15) is 42.1 Å². The monoisotopic (exact) mass is 396 g/mol. The van der Waals surface area contributed by atoms with Crippen LogP contribution in [0, 0.1) is 6.92 Å². The van der Waals surface area contributed by atoms with Crippen molar-refractivity contribution in [3.05, 3.63) is 59.7 Å². The molecule has 0 aliphatic heterocycles. The molecule has 7 heteroatoms. The fourth-order valence-electron chi connectivity index (χ4n) is 2.46. The molecule has 0 aromatic heterocycles. The van der Waals surface area contributed by atoms with Crippen LogP contribution in [0.5, 0.6) is 0 Å². The molecule has 0 spiro atoms. The average Bonchev–Trinajstić information content (AvgIpc) is 2.68. The molecule has 0 saturated heterocycles. The van der Waals surface area contributed by atoms with E-state index in [9.17, 15) is 19.2 Å². The van der Waals surface area contributed by atoms with Gasteiger partial charge in [0.1, 0.15) is 0 Å². The topological polar surface area (TPSA) is 102 Å². The second kappa shape index (κ2) is 10.8. The lowest BCUT2D eigenvalue weighted by atomic mass is 10.1. The minimum Gasteiger partial charge on any atom is -0.456 e. The molecule has 7 nitrogen and oxygen atoms in total. The lowest BCUT2D eigenvalue weighted by Gasteiger charge is -2.07. The molecule has 2 aromatic rings. The summed E-state index contributed by atoms with van der Waals surface area (Å²) in [7, 11) is 0. The van der Waals surface area contributed by atoms with Gasteiger partial charge in [-0.3, -0.25) is 19.2 Å². The van der Waals surface area contributed by atoms with E-state index < -0.39 is 11.9 Å². The molecule has 152 valence electrons. The van der Waals surface area contributed by atoms with Crippen molar-refractivity contribution < 1.29 is 23.9 Å². The van der Waals surface area contributed by atoms with Gasteiger partial charge >= 0.3 is 5.97 Å². The highest BCUT2D eigenvalue weighted by atomic mass is 16.5. The van der Waals surface area contributed by atoms with E-state index >= 15 is 0 Å². The SMILES string of the molecule is CC(=O)c1ccc(NC(=O)CCCC(=O)OCC(=O)Nc2ccc(C)cc2)cc1. The Bertz CT molecular complexity index is 873. The molecule has 0 radical (unpaired) electrons. The fourth-order valence-corrected chi connectivity index (χ4v) is 2.46. The minimum atomic E-state index is -0.539. The Labute approximate surface area is 169 Å². The first-order valence-corrected chi connectivity index (χ1v) is 9.26. The van der Waals surface area contributed by atoms with E-state index in [4.69, 9.17) is 4.74 Å². The Balaban J connectivity index is 1.63. The summed E-state index contributed by atoms with van der Waals surface area (Å²) in [6, 6.07) is 13.8. The first-order chi connectivity index (χ1) is 13.8. The second-order valence-electron chi connectivity index (χ2n) is 6.61. The number of Topliss-reactive ketones (excluding diaryl/α,β-unsaturated/α-hetero) is 1. The van der Waals surface area contributed by atoms with Gasteiger partial charge in [-0.25, -0.2) is 0 Å². The number of anilines is 2. The van der Waals surface area contributed by atoms with Crippen LogP contribution in [-0.2, 0) is 19.1 Å². The van der Waals surface area contributed by atoms with Gasteiger partial charge in [0.05, 0.1) is 0 Å². The Kier molecular flexibility index (Phi) is 8.09. The van der Waals surface area contributed by atoms with Crippen LogP contribution in [0.3, 0.4) is 0 Å². The van der Waals surface area contributed by atoms with Crippen LogP contribution in [0.4, 0.5) is 11.4 Å². The molecule has 0 heterocycles. The van der Waals surface area contributed by atoms with Gasteiger partial charge in [0.2, 0.25) is 5.91 Å². The van der Waals surface area contributed by atoms with Crippen molar-refractivity contribution >= 4 is 34.9 Å². The predicted octanol–water partition coefficient (Wildman–Crippen LogP) is 3.49. The molecule has 2 rings (SSSR count). The maximum absolute atomic E-state index is 11.9. The number of ketones is 1. The quantitative estimate of drug-likeness (QED) is 0.499. The van der Waals surface area contributed by atoms with Crippen LogP contribution < -0.4 is 10.6 Å². The van der Waals surface area contributed by atoms with Gasteiger partial charge < -0.3 is 15.4 Å². The molecular weight excluding hydrogens is 372 g/mol. The third-order valence-electron chi connectivity index (χ3n) is 4.06. The van der Waals surface area contributed by atoms with Gasteiger partial charge in [-0.15, -0.1) is 0 Å². The summed E-state index contributed by atoms with van der Waals surface area (Å²) in [5, 5.41) is 5.33. The third-order valence-corrected chi connectivity index (χ3v) is 4.06. The molecular formula is C22H24N2O5. The van der Waals surface area contributed by atoms with Crippen LogP contribution in [0.15, 0.2) is 48.5 Å². The molecule has 0 fully saturated rings. The van der Waals surface area contributed by atoms with Crippen molar-refractivity contribution in [3.63, 3.8) is 0 Å². The number of esters is 1. The van der Waals surface area contributed by atoms with E-state index in [2.05, 4.69) is 10.6 Å². The number of carbonyl (C=O) groups is 4. The van der Waals surface area contributed by atoms with Gasteiger partial charge in [0.25, 0.3) is 5.91 Å². The van der Waals surface area contributed by atoms with E-state index in [0.29, 0.717) is 23.4 Å². The van der Waals surface area contributed by atoms with E-state index in [1.165, 1.54) is 6.92 Å². The summed E-state index contributed by atoms with van der Waals surface area (Å²) in [6.45, 7) is 3.04. The number of hydrogen-bond acceptors (Lipinski definition) is 5. The second-order valence-corrected chi connectivity index (χ2v) is 6.61. The van der Waals surface area contributed by atoms with Crippen LogP contribution in [0.2, 0.25) is 0 Å². The zero-order valence-corrected chi connectivity index (χ0v) is 16.5. The van der Waals surface area contributed by atoms with Gasteiger partial charge in [0, 0.05) is 29.8 Å². The number of rotatable bonds is 9. The molecule has 0 aliphatic carbocycles. The molecule has 2 N–H and O–H groups in total. The van der Waals surface area contributed by atoms with Crippen molar-refractivity contribution in [2.75, 3.05) is 17.2 Å². The number of benzene rings is 2. The van der Waals surface area contributed by atoms with Crippen LogP contribution in [0.25, 0.3) is 0 Å². The third kappa shape index (κ3) is 7.96. The van der Waals surface area contributed by atoms with E-state index in [1.54, 1.807) is 36.4 Å². The molecule has 29 heavy (non-hydrogen) atoms. The molecule has 0 aliphatic rings. The first kappa shape index (κ1) is 21.8. The highest BCUT2D eigenvalue weighted by molar-refractivity contribution is 5.96. The van der Waals surface area contributed by atoms with Gasteiger partial charge in [0.15, 0.2) is 12.4 Å². The first-order valence-electron chi connectivity index (χ1n) is 9.26. The Hall–Kier alpha value is -3.48. The lowest BCUT2D eigenvalue weighted by Crippen LogP contribution is -2.21. The molecule has 0 bridgehead atoms. The average molecular weight is 396 g/mol. The molecule has 0 saturated carbocycles. The van der Waals surface area contributed by atoms with Crippen LogP contribution in [-0.4, -0.2) is 30.2 Å². The molecule has 2 amide bonds. The fraction of sp³-hybridized carbons (Fsp3) is 0.273. The summed E-state index contributed by atoms with van der Waals surface area (Å²) < 4.78 is 4.92. The summed E-state index contributed by atoms with van der Waals surface area (Å²) in [5.74, 6) is -1.25. The summed E-state index contributed by atoms with van der Waals surface area (Å²) in [5.41, 5.74) is 2.85. The number of nitrogens with one attached hydrogen (secondary N) is 2. The largest absolute Gasteiger partial charge is 0.456 e. The Morgan fingerprint density at radius 1 is 0.793 bits per heavy atom. The van der Waals surface area contributed by atoms with Crippen molar-refractivity contribution in [1.29, 1.82) is 0 Å². The molecule has 0 unspecified atom stereocenters. The van der Waals surface area contributed by atoms with Crippen molar-refractivity contribution in [1.82, 2.24) is 0 Å². The number of carbonyl (C=O) groups excluding carboxylic acids is 4. The molecule has 0 atom stereocenters. The van der Waals surface area contributed by atoms with E-state index in [1.807, 2.05) is 19.1 Å². The highest BCUT2D eigenvalue weighted by Gasteiger charge is 2.10. The van der Waals surface area contributed by atoms with Gasteiger partial charge in [-0.05, 0) is 56.7 Å². The maximum Gasteiger partial charge on any atom is 0.306 e. The number of hydrogen-bond donors (Lipinski definition) is 2. The maximum atomic E-state index is 11.9.